The molecule has 0 bridgehead atoms. The summed E-state index contributed by atoms with van der Waals surface area (Å²) in [6.07, 6.45) is 0. The lowest BCUT2D eigenvalue weighted by atomic mass is 10.2. The number of phenols is 1. The predicted octanol–water partition coefficient (Wildman–Crippen LogP) is 4.35. The van der Waals surface area contributed by atoms with Crippen LogP contribution in [-0.4, -0.2) is 20.0 Å². The number of hydrogen-bond donors (Lipinski definition) is 3. The van der Waals surface area contributed by atoms with Crippen LogP contribution >= 0.6 is 22.4 Å². The van der Waals surface area contributed by atoms with E-state index >= 15 is 0 Å². The number of thioether (sulfide) groups is 1. The molecule has 1 heterocycles. The predicted molar refractivity (Wildman–Crippen MR) is 79.1 cm³/mol. The standard InChI is InChI=1S/C14H14O3S2/c15-10-5-7-11(8-6-10)18-13-9-19(16,17)14-4-2-1-3-12(13)14/h1-8,13,15-17H,9H2. The molecule has 2 aromatic rings. The van der Waals surface area contributed by atoms with Crippen molar-refractivity contribution in [3.8, 4) is 5.75 Å². The lowest BCUT2D eigenvalue weighted by Crippen LogP contribution is -1.98. The van der Waals surface area contributed by atoms with Gasteiger partial charge in [-0.3, -0.25) is 9.11 Å². The van der Waals surface area contributed by atoms with E-state index in [0.717, 1.165) is 10.5 Å². The van der Waals surface area contributed by atoms with Crippen molar-refractivity contribution < 1.29 is 14.2 Å². The molecule has 3 N–H and O–H groups in total. The fraction of sp³-hybridized carbons (Fsp3) is 0.143. The number of hydrogen-bond acceptors (Lipinski definition) is 4. The van der Waals surface area contributed by atoms with Crippen LogP contribution in [0.1, 0.15) is 10.8 Å². The lowest BCUT2D eigenvalue weighted by molar-refractivity contribution is 0.475. The molecule has 0 saturated heterocycles. The van der Waals surface area contributed by atoms with Crippen molar-refractivity contribution in [3.05, 3.63) is 54.1 Å². The summed E-state index contributed by atoms with van der Waals surface area (Å²) in [4.78, 5) is 1.68. The van der Waals surface area contributed by atoms with Crippen molar-refractivity contribution in [1.29, 1.82) is 0 Å². The van der Waals surface area contributed by atoms with Gasteiger partial charge < -0.3 is 5.11 Å². The minimum Gasteiger partial charge on any atom is -0.508 e. The maximum absolute atomic E-state index is 10.1. The first-order valence-corrected chi connectivity index (χ1v) is 8.46. The van der Waals surface area contributed by atoms with Gasteiger partial charge in [-0.05, 0) is 35.9 Å². The Bertz CT molecular complexity index is 596. The van der Waals surface area contributed by atoms with Gasteiger partial charge >= 0.3 is 0 Å². The van der Waals surface area contributed by atoms with Crippen molar-refractivity contribution in [2.24, 2.45) is 0 Å². The minimum atomic E-state index is -2.65. The second-order valence-corrected chi connectivity index (χ2v) is 7.85. The summed E-state index contributed by atoms with van der Waals surface area (Å²) in [7, 11) is -2.65. The SMILES string of the molecule is Oc1ccc(SC2CS(O)(O)c3ccccc32)cc1. The first kappa shape index (κ1) is 12.9. The second-order valence-electron chi connectivity index (χ2n) is 4.47. The van der Waals surface area contributed by atoms with Gasteiger partial charge in [-0.25, -0.2) is 0 Å². The lowest BCUT2D eigenvalue weighted by Gasteiger charge is -2.27. The average Bonchev–Trinajstić information content (AvgIpc) is 2.65. The van der Waals surface area contributed by atoms with Gasteiger partial charge in [0.2, 0.25) is 0 Å². The molecule has 0 radical (unpaired) electrons. The largest absolute Gasteiger partial charge is 0.508 e. The zero-order valence-electron chi connectivity index (χ0n) is 10.1. The van der Waals surface area contributed by atoms with E-state index in [1.54, 1.807) is 30.0 Å². The van der Waals surface area contributed by atoms with Crippen LogP contribution in [0.15, 0.2) is 58.3 Å². The Morgan fingerprint density at radius 1 is 1.00 bits per heavy atom. The first-order chi connectivity index (χ1) is 9.06. The molecular formula is C14H14O3S2. The van der Waals surface area contributed by atoms with Crippen molar-refractivity contribution in [2.75, 3.05) is 5.75 Å². The molecule has 2 aromatic carbocycles. The molecule has 0 fully saturated rings. The Morgan fingerprint density at radius 2 is 1.68 bits per heavy atom. The van der Waals surface area contributed by atoms with Gasteiger partial charge in [-0.1, -0.05) is 18.2 Å². The molecule has 1 unspecified atom stereocenters. The maximum atomic E-state index is 10.1. The average molecular weight is 294 g/mol. The van der Waals surface area contributed by atoms with Crippen LogP contribution < -0.4 is 0 Å². The van der Waals surface area contributed by atoms with E-state index in [1.807, 2.05) is 30.3 Å². The van der Waals surface area contributed by atoms with Crippen molar-refractivity contribution in [2.45, 2.75) is 15.0 Å². The molecule has 0 saturated carbocycles. The first-order valence-electron chi connectivity index (χ1n) is 5.87. The normalized spacial score (nSPS) is 21.9. The molecule has 100 valence electrons. The van der Waals surface area contributed by atoms with Crippen LogP contribution in [0.3, 0.4) is 0 Å². The van der Waals surface area contributed by atoms with Crippen LogP contribution in [0, 0.1) is 0 Å². The van der Waals surface area contributed by atoms with Gasteiger partial charge in [-0.15, -0.1) is 11.8 Å². The van der Waals surface area contributed by atoms with Crippen LogP contribution in [0.4, 0.5) is 0 Å². The molecule has 19 heavy (non-hydrogen) atoms. The highest BCUT2D eigenvalue weighted by Gasteiger charge is 2.35. The highest BCUT2D eigenvalue weighted by molar-refractivity contribution is 8.25. The van der Waals surface area contributed by atoms with Gasteiger partial charge in [-0.2, -0.15) is 10.6 Å². The molecule has 0 amide bonds. The number of rotatable bonds is 2. The zero-order chi connectivity index (χ0) is 13.5. The number of benzene rings is 2. The third-order valence-corrected chi connectivity index (χ3v) is 6.45. The maximum Gasteiger partial charge on any atom is 0.115 e. The van der Waals surface area contributed by atoms with E-state index in [9.17, 15) is 14.2 Å². The van der Waals surface area contributed by atoms with Gasteiger partial charge in [0.15, 0.2) is 0 Å². The zero-order valence-corrected chi connectivity index (χ0v) is 11.7. The molecule has 0 spiro atoms. The minimum absolute atomic E-state index is 0.0470. The van der Waals surface area contributed by atoms with Crippen LogP contribution in [0.25, 0.3) is 0 Å². The molecule has 0 aliphatic carbocycles. The molecule has 5 heteroatoms. The van der Waals surface area contributed by atoms with E-state index in [1.165, 1.54) is 0 Å². The van der Waals surface area contributed by atoms with Crippen LogP contribution in [0.5, 0.6) is 5.75 Å². The Labute approximate surface area is 117 Å². The Balaban J connectivity index is 1.89. The molecule has 1 aliphatic heterocycles. The molecule has 1 atom stereocenters. The molecule has 1 aliphatic rings. The van der Waals surface area contributed by atoms with Crippen molar-refractivity contribution in [1.82, 2.24) is 0 Å². The van der Waals surface area contributed by atoms with E-state index in [-0.39, 0.29) is 11.0 Å². The summed E-state index contributed by atoms with van der Waals surface area (Å²) >= 11 is 1.59. The molecule has 3 nitrogen and oxygen atoms in total. The highest BCUT2D eigenvalue weighted by Crippen LogP contribution is 2.62. The Kier molecular flexibility index (Phi) is 3.22. The topological polar surface area (TPSA) is 60.7 Å². The van der Waals surface area contributed by atoms with E-state index < -0.39 is 10.6 Å². The summed E-state index contributed by atoms with van der Waals surface area (Å²) in [6, 6.07) is 14.5. The number of fused-ring (bicyclic) bond motifs is 1. The molecule has 0 aromatic heterocycles. The Morgan fingerprint density at radius 3 is 2.42 bits per heavy atom. The molecule has 3 rings (SSSR count). The van der Waals surface area contributed by atoms with Crippen molar-refractivity contribution >= 4 is 22.4 Å². The van der Waals surface area contributed by atoms with E-state index in [4.69, 9.17) is 0 Å². The fourth-order valence-corrected chi connectivity index (χ4v) is 5.76. The quantitative estimate of drug-likeness (QED) is 0.770. The number of phenolic OH excluding ortho intramolecular Hbond substituents is 1. The fourth-order valence-electron chi connectivity index (χ4n) is 2.22. The van der Waals surface area contributed by atoms with E-state index in [0.29, 0.717) is 10.6 Å². The third-order valence-electron chi connectivity index (χ3n) is 3.12. The monoisotopic (exact) mass is 294 g/mol. The van der Waals surface area contributed by atoms with Crippen LogP contribution in [-0.2, 0) is 0 Å². The summed E-state index contributed by atoms with van der Waals surface area (Å²) in [5.74, 6) is 0.596. The Hall–Kier alpha value is -1.14. The van der Waals surface area contributed by atoms with Crippen LogP contribution in [0.2, 0.25) is 0 Å². The molecular weight excluding hydrogens is 280 g/mol. The number of aromatic hydroxyl groups is 1. The summed E-state index contributed by atoms with van der Waals surface area (Å²) < 4.78 is 20.2. The second kappa shape index (κ2) is 4.76. The van der Waals surface area contributed by atoms with Gasteiger partial charge in [0.1, 0.15) is 5.75 Å². The van der Waals surface area contributed by atoms with Crippen molar-refractivity contribution in [3.63, 3.8) is 0 Å². The highest BCUT2D eigenvalue weighted by atomic mass is 32.3. The van der Waals surface area contributed by atoms with Gasteiger partial charge in [0.25, 0.3) is 0 Å². The van der Waals surface area contributed by atoms with E-state index in [2.05, 4.69) is 0 Å². The smallest absolute Gasteiger partial charge is 0.115 e. The van der Waals surface area contributed by atoms with Gasteiger partial charge in [0.05, 0.1) is 15.9 Å². The third kappa shape index (κ3) is 2.47. The summed E-state index contributed by atoms with van der Waals surface area (Å²) in [5, 5.41) is 9.32. The summed E-state index contributed by atoms with van der Waals surface area (Å²) in [6.45, 7) is 0. The summed E-state index contributed by atoms with van der Waals surface area (Å²) in [5.41, 5.74) is 1.00. The van der Waals surface area contributed by atoms with Gasteiger partial charge in [0, 0.05) is 4.90 Å².